The fourth-order valence-electron chi connectivity index (χ4n) is 2.97. The van der Waals surface area contributed by atoms with Crippen LogP contribution < -0.4 is 18.9 Å². The monoisotopic (exact) mass is 484 g/mol. The van der Waals surface area contributed by atoms with Gasteiger partial charge < -0.3 is 23.7 Å². The smallest absolute Gasteiger partial charge is 0.189 e. The highest BCUT2D eigenvalue weighted by molar-refractivity contribution is 6.76. The van der Waals surface area contributed by atoms with Gasteiger partial charge in [-0.3, -0.25) is 0 Å². The van der Waals surface area contributed by atoms with E-state index in [9.17, 15) is 0 Å². The summed E-state index contributed by atoms with van der Waals surface area (Å²) < 4.78 is 28.6. The third-order valence-corrected chi connectivity index (χ3v) is 6.61. The van der Waals surface area contributed by atoms with Crippen LogP contribution in [-0.4, -0.2) is 41.8 Å². The molecule has 0 aliphatic carbocycles. The van der Waals surface area contributed by atoms with E-state index in [-0.39, 0.29) is 6.79 Å². The van der Waals surface area contributed by atoms with Gasteiger partial charge in [-0.1, -0.05) is 43.4 Å². The summed E-state index contributed by atoms with van der Waals surface area (Å²) in [5, 5.41) is 0. The SMILES string of the molecule is CCOc1cc(C=Cc2ccc(OCOCC[Si](C)(C)C)c(OC)c2)cc(OCC=C(C)C)c1. The van der Waals surface area contributed by atoms with Crippen LogP contribution in [0.2, 0.25) is 25.7 Å². The van der Waals surface area contributed by atoms with Crippen molar-refractivity contribution in [3.8, 4) is 23.0 Å². The normalized spacial score (nSPS) is 11.4. The molecule has 0 N–H and O–H groups in total. The van der Waals surface area contributed by atoms with Gasteiger partial charge in [-0.15, -0.1) is 0 Å². The molecule has 186 valence electrons. The zero-order valence-corrected chi connectivity index (χ0v) is 22.8. The third kappa shape index (κ3) is 10.5. The second-order valence-corrected chi connectivity index (χ2v) is 15.1. The lowest BCUT2D eigenvalue weighted by molar-refractivity contribution is 0.0205. The van der Waals surface area contributed by atoms with E-state index in [1.807, 2.05) is 55.5 Å². The van der Waals surface area contributed by atoms with Crippen LogP contribution in [0.25, 0.3) is 12.2 Å². The predicted molar refractivity (Wildman–Crippen MR) is 144 cm³/mol. The molecule has 0 atom stereocenters. The molecular weight excluding hydrogens is 444 g/mol. The Morgan fingerprint density at radius 1 is 0.853 bits per heavy atom. The van der Waals surface area contributed by atoms with Crippen molar-refractivity contribution >= 4 is 20.2 Å². The fraction of sp³-hybridized carbons (Fsp3) is 0.429. The first-order chi connectivity index (χ1) is 16.2. The maximum Gasteiger partial charge on any atom is 0.189 e. The first-order valence-electron chi connectivity index (χ1n) is 11.8. The maximum atomic E-state index is 5.89. The Kier molecular flexibility index (Phi) is 11.2. The zero-order chi connectivity index (χ0) is 25.0. The summed E-state index contributed by atoms with van der Waals surface area (Å²) >= 11 is 0. The molecular formula is C28H40O5Si. The van der Waals surface area contributed by atoms with Gasteiger partial charge in [0.15, 0.2) is 18.3 Å². The Bertz CT molecular complexity index is 956. The molecule has 0 unspecified atom stereocenters. The molecule has 0 spiro atoms. The van der Waals surface area contributed by atoms with Crippen LogP contribution in [0, 0.1) is 0 Å². The highest BCUT2D eigenvalue weighted by atomic mass is 28.3. The predicted octanol–water partition coefficient (Wildman–Crippen LogP) is 7.30. The Morgan fingerprint density at radius 2 is 1.56 bits per heavy atom. The quantitative estimate of drug-likeness (QED) is 0.0925. The van der Waals surface area contributed by atoms with Gasteiger partial charge in [-0.2, -0.15) is 0 Å². The molecule has 0 amide bonds. The maximum absolute atomic E-state index is 5.89. The van der Waals surface area contributed by atoms with E-state index in [1.54, 1.807) is 7.11 Å². The zero-order valence-electron chi connectivity index (χ0n) is 21.8. The van der Waals surface area contributed by atoms with Gasteiger partial charge in [0.25, 0.3) is 0 Å². The van der Waals surface area contributed by atoms with Crippen LogP contribution in [0.3, 0.4) is 0 Å². The highest BCUT2D eigenvalue weighted by Crippen LogP contribution is 2.30. The van der Waals surface area contributed by atoms with Crippen molar-refractivity contribution in [1.29, 1.82) is 0 Å². The van der Waals surface area contributed by atoms with Crippen molar-refractivity contribution in [3.05, 3.63) is 59.2 Å². The van der Waals surface area contributed by atoms with Gasteiger partial charge in [0.1, 0.15) is 18.1 Å². The third-order valence-electron chi connectivity index (χ3n) is 4.91. The second kappa shape index (κ2) is 13.9. The van der Waals surface area contributed by atoms with Crippen molar-refractivity contribution in [2.75, 3.05) is 33.7 Å². The standard InChI is InChI=1S/C28H40O5Si/c1-8-31-25-17-24(18-26(20-25)32-14-13-22(2)3)10-9-23-11-12-27(28(19-23)29-4)33-21-30-15-16-34(5,6)7/h9-13,17-20H,8,14-16,21H2,1-7H3. The Hall–Kier alpha value is -2.70. The molecule has 5 nitrogen and oxygen atoms in total. The highest BCUT2D eigenvalue weighted by Gasteiger charge is 2.12. The van der Waals surface area contributed by atoms with Crippen LogP contribution in [-0.2, 0) is 4.74 Å². The molecule has 0 saturated heterocycles. The molecule has 0 bridgehead atoms. The number of allylic oxidation sites excluding steroid dienone is 1. The number of rotatable bonds is 14. The summed E-state index contributed by atoms with van der Waals surface area (Å²) in [5.41, 5.74) is 3.21. The molecule has 0 aliphatic heterocycles. The lowest BCUT2D eigenvalue weighted by Gasteiger charge is -2.16. The fourth-order valence-corrected chi connectivity index (χ4v) is 3.73. The molecule has 34 heavy (non-hydrogen) atoms. The minimum Gasteiger partial charge on any atom is -0.494 e. The van der Waals surface area contributed by atoms with Gasteiger partial charge in [0.05, 0.1) is 13.7 Å². The average molecular weight is 485 g/mol. The molecule has 2 rings (SSSR count). The van der Waals surface area contributed by atoms with Crippen molar-refractivity contribution in [2.24, 2.45) is 0 Å². The summed E-state index contributed by atoms with van der Waals surface area (Å²) in [4.78, 5) is 0. The van der Waals surface area contributed by atoms with Crippen LogP contribution >= 0.6 is 0 Å². The Morgan fingerprint density at radius 3 is 2.21 bits per heavy atom. The molecule has 0 saturated carbocycles. The molecule has 0 fully saturated rings. The van der Waals surface area contributed by atoms with Gasteiger partial charge >= 0.3 is 0 Å². The van der Waals surface area contributed by atoms with Gasteiger partial charge in [-0.25, -0.2) is 0 Å². The minimum atomic E-state index is -1.10. The van der Waals surface area contributed by atoms with Crippen molar-refractivity contribution in [2.45, 2.75) is 46.5 Å². The van der Waals surface area contributed by atoms with Crippen LogP contribution in [0.15, 0.2) is 48.0 Å². The van der Waals surface area contributed by atoms with Crippen LogP contribution in [0.4, 0.5) is 0 Å². The van der Waals surface area contributed by atoms with Gasteiger partial charge in [0.2, 0.25) is 0 Å². The van der Waals surface area contributed by atoms with E-state index in [4.69, 9.17) is 23.7 Å². The summed E-state index contributed by atoms with van der Waals surface area (Å²) in [6.45, 7) is 15.1. The molecule has 2 aromatic carbocycles. The molecule has 0 radical (unpaired) electrons. The van der Waals surface area contributed by atoms with Crippen molar-refractivity contribution in [3.63, 3.8) is 0 Å². The summed E-state index contributed by atoms with van der Waals surface area (Å²) in [6, 6.07) is 12.9. The van der Waals surface area contributed by atoms with E-state index in [0.717, 1.165) is 35.3 Å². The molecule has 0 aliphatic rings. The summed E-state index contributed by atoms with van der Waals surface area (Å²) in [6.07, 6.45) is 6.11. The lowest BCUT2D eigenvalue weighted by atomic mass is 10.1. The number of ether oxygens (including phenoxy) is 5. The van der Waals surface area contributed by atoms with E-state index in [1.165, 1.54) is 5.57 Å². The van der Waals surface area contributed by atoms with Crippen LogP contribution in [0.1, 0.15) is 31.9 Å². The summed E-state index contributed by atoms with van der Waals surface area (Å²) in [5.74, 6) is 2.90. The average Bonchev–Trinajstić information content (AvgIpc) is 2.77. The number of benzene rings is 2. The Balaban J connectivity index is 2.07. The van der Waals surface area contributed by atoms with Gasteiger partial charge in [-0.05, 0) is 68.3 Å². The van der Waals surface area contributed by atoms with E-state index < -0.39 is 8.07 Å². The summed E-state index contributed by atoms with van der Waals surface area (Å²) in [7, 11) is 0.539. The Labute approximate surface area is 206 Å². The largest absolute Gasteiger partial charge is 0.494 e. The number of methoxy groups -OCH3 is 1. The first kappa shape index (κ1) is 27.5. The molecule has 0 heterocycles. The molecule has 2 aromatic rings. The van der Waals surface area contributed by atoms with E-state index >= 15 is 0 Å². The first-order valence-corrected chi connectivity index (χ1v) is 15.5. The van der Waals surface area contributed by atoms with E-state index in [2.05, 4.69) is 39.6 Å². The molecule has 0 aromatic heterocycles. The van der Waals surface area contributed by atoms with Gasteiger partial charge in [0, 0.05) is 20.7 Å². The number of hydrogen-bond donors (Lipinski definition) is 0. The van der Waals surface area contributed by atoms with Crippen molar-refractivity contribution < 1.29 is 23.7 Å². The number of hydrogen-bond acceptors (Lipinski definition) is 5. The topological polar surface area (TPSA) is 46.2 Å². The second-order valence-electron chi connectivity index (χ2n) is 9.49. The van der Waals surface area contributed by atoms with Crippen LogP contribution in [0.5, 0.6) is 23.0 Å². The van der Waals surface area contributed by atoms with Crippen molar-refractivity contribution in [1.82, 2.24) is 0 Å². The lowest BCUT2D eigenvalue weighted by Crippen LogP contribution is -2.22. The molecule has 6 heteroatoms. The van der Waals surface area contributed by atoms with E-state index in [0.29, 0.717) is 24.7 Å². The minimum absolute atomic E-state index is 0.218.